The first-order valence-corrected chi connectivity index (χ1v) is 9.90. The molecule has 1 aromatic heterocycles. The first kappa shape index (κ1) is 18.0. The number of sulfone groups is 1. The van der Waals surface area contributed by atoms with Gasteiger partial charge < -0.3 is 5.32 Å². The van der Waals surface area contributed by atoms with Gasteiger partial charge >= 0.3 is 0 Å². The van der Waals surface area contributed by atoms with E-state index in [1.165, 1.54) is 0 Å². The standard InChI is InChI=1S/C16H27N3O3S/c1-11(2)8-15(20)17-14-9-13(16(3,4)5)18-19(14)12-6-7-23(21,22)10-12/h9,11-12H,6-8,10H2,1-5H3,(H,17,20)/t12-/m0/s1. The van der Waals surface area contributed by atoms with Gasteiger partial charge in [0.05, 0.1) is 23.2 Å². The Morgan fingerprint density at radius 2 is 2.09 bits per heavy atom. The molecule has 130 valence electrons. The maximum Gasteiger partial charge on any atom is 0.225 e. The summed E-state index contributed by atoms with van der Waals surface area (Å²) in [5, 5.41) is 7.50. The van der Waals surface area contributed by atoms with E-state index in [2.05, 4.69) is 10.4 Å². The predicted octanol–water partition coefficient (Wildman–Crippen LogP) is 2.52. The van der Waals surface area contributed by atoms with E-state index in [0.717, 1.165) is 5.69 Å². The van der Waals surface area contributed by atoms with Crippen molar-refractivity contribution in [3.63, 3.8) is 0 Å². The van der Waals surface area contributed by atoms with Gasteiger partial charge in [-0.25, -0.2) is 13.1 Å². The van der Waals surface area contributed by atoms with Crippen LogP contribution in [0.15, 0.2) is 6.07 Å². The topological polar surface area (TPSA) is 81.1 Å². The molecule has 0 spiro atoms. The van der Waals surface area contributed by atoms with Crippen LogP contribution in [-0.2, 0) is 20.0 Å². The van der Waals surface area contributed by atoms with E-state index in [9.17, 15) is 13.2 Å². The van der Waals surface area contributed by atoms with Crippen molar-refractivity contribution in [1.29, 1.82) is 0 Å². The van der Waals surface area contributed by atoms with Gasteiger partial charge in [-0.15, -0.1) is 0 Å². The number of amides is 1. The molecule has 2 rings (SSSR count). The van der Waals surface area contributed by atoms with Crippen molar-refractivity contribution in [3.8, 4) is 0 Å². The van der Waals surface area contributed by atoms with Crippen LogP contribution in [0.25, 0.3) is 0 Å². The molecule has 7 heteroatoms. The maximum absolute atomic E-state index is 12.1. The number of hydrogen-bond acceptors (Lipinski definition) is 4. The largest absolute Gasteiger partial charge is 0.311 e. The van der Waals surface area contributed by atoms with Crippen LogP contribution in [0.1, 0.15) is 59.2 Å². The number of aromatic nitrogens is 2. The average molecular weight is 341 g/mol. The summed E-state index contributed by atoms with van der Waals surface area (Å²) in [6.45, 7) is 10.1. The molecule has 0 radical (unpaired) electrons. The molecule has 0 saturated carbocycles. The summed E-state index contributed by atoms with van der Waals surface area (Å²) in [5.74, 6) is 1.07. The smallest absolute Gasteiger partial charge is 0.225 e. The van der Waals surface area contributed by atoms with Gasteiger partial charge in [0.25, 0.3) is 0 Å². The zero-order chi connectivity index (χ0) is 17.4. The van der Waals surface area contributed by atoms with Gasteiger partial charge in [-0.1, -0.05) is 34.6 Å². The fourth-order valence-corrected chi connectivity index (χ4v) is 4.36. The zero-order valence-electron chi connectivity index (χ0n) is 14.6. The molecule has 23 heavy (non-hydrogen) atoms. The Hall–Kier alpha value is -1.37. The molecule has 1 aliphatic rings. The van der Waals surface area contributed by atoms with E-state index in [1.807, 2.05) is 40.7 Å². The molecule has 6 nitrogen and oxygen atoms in total. The molecular formula is C16H27N3O3S. The van der Waals surface area contributed by atoms with Crippen molar-refractivity contribution in [2.45, 2.75) is 58.9 Å². The van der Waals surface area contributed by atoms with Crippen molar-refractivity contribution < 1.29 is 13.2 Å². The minimum atomic E-state index is -3.01. The highest BCUT2D eigenvalue weighted by Crippen LogP contribution is 2.31. The van der Waals surface area contributed by atoms with E-state index in [-0.39, 0.29) is 34.8 Å². The monoisotopic (exact) mass is 341 g/mol. The van der Waals surface area contributed by atoms with Crippen LogP contribution in [0.2, 0.25) is 0 Å². The number of carbonyl (C=O) groups excluding carboxylic acids is 1. The van der Waals surface area contributed by atoms with Crippen molar-refractivity contribution in [1.82, 2.24) is 9.78 Å². The molecule has 1 aromatic rings. The SMILES string of the molecule is CC(C)CC(=O)Nc1cc(C(C)(C)C)nn1[C@H]1CCS(=O)(=O)C1. The number of anilines is 1. The van der Waals surface area contributed by atoms with E-state index in [0.29, 0.717) is 18.7 Å². The Balaban J connectivity index is 2.32. The van der Waals surface area contributed by atoms with Gasteiger partial charge in [0.1, 0.15) is 5.82 Å². The van der Waals surface area contributed by atoms with E-state index in [1.54, 1.807) is 4.68 Å². The Morgan fingerprint density at radius 3 is 2.57 bits per heavy atom. The molecule has 1 fully saturated rings. The lowest BCUT2D eigenvalue weighted by Crippen LogP contribution is -2.20. The first-order chi connectivity index (χ1) is 10.5. The summed E-state index contributed by atoms with van der Waals surface area (Å²) < 4.78 is 25.2. The Labute approximate surface area is 138 Å². The zero-order valence-corrected chi connectivity index (χ0v) is 15.4. The van der Waals surface area contributed by atoms with Gasteiger partial charge in [-0.2, -0.15) is 5.10 Å². The van der Waals surface area contributed by atoms with Crippen LogP contribution in [0.3, 0.4) is 0 Å². The average Bonchev–Trinajstić information content (AvgIpc) is 2.90. The van der Waals surface area contributed by atoms with Crippen molar-refractivity contribution >= 4 is 21.6 Å². The molecule has 1 saturated heterocycles. The van der Waals surface area contributed by atoms with Crippen LogP contribution >= 0.6 is 0 Å². The third-order valence-corrected chi connectivity index (χ3v) is 5.67. The van der Waals surface area contributed by atoms with Gasteiger partial charge in [-0.05, 0) is 12.3 Å². The molecule has 2 heterocycles. The lowest BCUT2D eigenvalue weighted by molar-refractivity contribution is -0.116. The van der Waals surface area contributed by atoms with Gasteiger partial charge in [0.15, 0.2) is 9.84 Å². The summed E-state index contributed by atoms with van der Waals surface area (Å²) in [6.07, 6.45) is 0.972. The lowest BCUT2D eigenvalue weighted by Gasteiger charge is -2.15. The van der Waals surface area contributed by atoms with Gasteiger partial charge in [-0.3, -0.25) is 4.79 Å². The quantitative estimate of drug-likeness (QED) is 0.912. The highest BCUT2D eigenvalue weighted by Gasteiger charge is 2.32. The number of carbonyl (C=O) groups is 1. The maximum atomic E-state index is 12.1. The molecule has 1 amide bonds. The van der Waals surface area contributed by atoms with Crippen LogP contribution in [0.5, 0.6) is 0 Å². The van der Waals surface area contributed by atoms with Crippen LogP contribution in [-0.4, -0.2) is 35.6 Å². The molecule has 0 aromatic carbocycles. The summed E-state index contributed by atoms with van der Waals surface area (Å²) in [5.41, 5.74) is 0.682. The minimum Gasteiger partial charge on any atom is -0.311 e. The second-order valence-electron chi connectivity index (χ2n) is 7.81. The Kier molecular flexibility index (Phi) is 4.89. The fourth-order valence-electron chi connectivity index (χ4n) is 2.67. The predicted molar refractivity (Wildman–Crippen MR) is 91.3 cm³/mol. The van der Waals surface area contributed by atoms with E-state index < -0.39 is 9.84 Å². The fraction of sp³-hybridized carbons (Fsp3) is 0.750. The van der Waals surface area contributed by atoms with Gasteiger partial charge in [0.2, 0.25) is 5.91 Å². The molecule has 0 unspecified atom stereocenters. The van der Waals surface area contributed by atoms with Gasteiger partial charge in [0, 0.05) is 17.9 Å². The Bertz CT molecular complexity index is 684. The summed E-state index contributed by atoms with van der Waals surface area (Å²) in [7, 11) is -3.01. The second kappa shape index (κ2) is 6.26. The number of rotatable bonds is 4. The summed E-state index contributed by atoms with van der Waals surface area (Å²) in [6, 6.07) is 1.66. The van der Waals surface area contributed by atoms with Crippen LogP contribution < -0.4 is 5.32 Å². The second-order valence-corrected chi connectivity index (χ2v) is 10.0. The molecular weight excluding hydrogens is 314 g/mol. The van der Waals surface area contributed by atoms with Crippen molar-refractivity contribution in [2.75, 3.05) is 16.8 Å². The summed E-state index contributed by atoms with van der Waals surface area (Å²) >= 11 is 0. The highest BCUT2D eigenvalue weighted by molar-refractivity contribution is 7.91. The van der Waals surface area contributed by atoms with Crippen molar-refractivity contribution in [2.24, 2.45) is 5.92 Å². The Morgan fingerprint density at radius 1 is 1.43 bits per heavy atom. The van der Waals surface area contributed by atoms with Crippen LogP contribution in [0, 0.1) is 5.92 Å². The van der Waals surface area contributed by atoms with Crippen molar-refractivity contribution in [3.05, 3.63) is 11.8 Å². The molecule has 1 atom stereocenters. The van der Waals surface area contributed by atoms with E-state index in [4.69, 9.17) is 0 Å². The third-order valence-electron chi connectivity index (χ3n) is 3.92. The number of nitrogens with zero attached hydrogens (tertiary/aromatic N) is 2. The number of nitrogens with one attached hydrogen (secondary N) is 1. The lowest BCUT2D eigenvalue weighted by atomic mass is 9.92. The van der Waals surface area contributed by atoms with E-state index >= 15 is 0 Å². The molecule has 1 N–H and O–H groups in total. The first-order valence-electron chi connectivity index (χ1n) is 8.08. The van der Waals surface area contributed by atoms with Crippen LogP contribution in [0.4, 0.5) is 5.82 Å². The molecule has 0 bridgehead atoms. The highest BCUT2D eigenvalue weighted by atomic mass is 32.2. The normalized spacial score (nSPS) is 20.9. The molecule has 1 aliphatic heterocycles. The minimum absolute atomic E-state index is 0.0672. The summed E-state index contributed by atoms with van der Waals surface area (Å²) in [4.78, 5) is 12.1. The molecule has 0 aliphatic carbocycles. The third kappa shape index (κ3) is 4.56. The number of hydrogen-bond donors (Lipinski definition) is 1.